The van der Waals surface area contributed by atoms with Gasteiger partial charge in [0.15, 0.2) is 0 Å². The van der Waals surface area contributed by atoms with Gasteiger partial charge in [-0.3, -0.25) is 9.59 Å². The Kier molecular flexibility index (Phi) is 5.42. The van der Waals surface area contributed by atoms with Gasteiger partial charge in [0.05, 0.1) is 5.69 Å². The van der Waals surface area contributed by atoms with E-state index in [0.717, 1.165) is 30.0 Å². The fourth-order valence-electron chi connectivity index (χ4n) is 3.47. The molecule has 2 N–H and O–H groups in total. The first-order valence-electron chi connectivity index (χ1n) is 10.00. The summed E-state index contributed by atoms with van der Waals surface area (Å²) in [6.07, 6.45) is 5.94. The minimum absolute atomic E-state index is 0.0842. The summed E-state index contributed by atoms with van der Waals surface area (Å²) >= 11 is 0. The summed E-state index contributed by atoms with van der Waals surface area (Å²) in [6.45, 7) is 2.82. The molecule has 6 nitrogen and oxygen atoms in total. The van der Waals surface area contributed by atoms with Crippen LogP contribution in [-0.4, -0.2) is 21.4 Å². The van der Waals surface area contributed by atoms with E-state index in [-0.39, 0.29) is 11.8 Å². The first-order valence-corrected chi connectivity index (χ1v) is 10.00. The topological polar surface area (TPSA) is 76.0 Å². The lowest BCUT2D eigenvalue weighted by Crippen LogP contribution is -2.13. The van der Waals surface area contributed by atoms with Crippen LogP contribution in [0.3, 0.4) is 0 Å². The molecular formula is C23H24N4O2. The minimum atomic E-state index is -0.220. The van der Waals surface area contributed by atoms with Crippen molar-refractivity contribution in [2.45, 2.75) is 39.2 Å². The molecule has 0 radical (unpaired) electrons. The van der Waals surface area contributed by atoms with Crippen LogP contribution in [0.25, 0.3) is 11.3 Å². The normalized spacial score (nSPS) is 12.9. The lowest BCUT2D eigenvalue weighted by atomic mass is 10.1. The Morgan fingerprint density at radius 3 is 2.62 bits per heavy atom. The van der Waals surface area contributed by atoms with Gasteiger partial charge in [-0.1, -0.05) is 25.1 Å². The standard InChI is InChI=1S/C23H24N4O2/c1-2-22(28)24-19-7-5-6-17(14-19)23(29)25-18-11-9-16(10-12-18)20-15-27-13-4-3-8-21(27)26-20/h5-7,9-12,14-15H,2-4,8,13H2,1H3,(H,24,28)(H,25,29). The Balaban J connectivity index is 1.45. The van der Waals surface area contributed by atoms with Crippen LogP contribution in [0.1, 0.15) is 42.4 Å². The molecule has 0 saturated carbocycles. The number of nitrogens with one attached hydrogen (secondary N) is 2. The Bertz CT molecular complexity index is 1010. The van der Waals surface area contributed by atoms with Crippen LogP contribution in [0, 0.1) is 0 Å². The van der Waals surface area contributed by atoms with Gasteiger partial charge in [-0.25, -0.2) is 4.98 Å². The van der Waals surface area contributed by atoms with Crippen molar-refractivity contribution in [3.8, 4) is 11.3 Å². The number of carbonyl (C=O) groups is 2. The third-order valence-corrected chi connectivity index (χ3v) is 5.08. The highest BCUT2D eigenvalue weighted by molar-refractivity contribution is 6.05. The molecule has 0 fully saturated rings. The first kappa shape index (κ1) is 18.9. The number of imidazole rings is 1. The predicted octanol–water partition coefficient (Wildman–Crippen LogP) is 4.49. The third-order valence-electron chi connectivity index (χ3n) is 5.08. The Hall–Kier alpha value is -3.41. The van der Waals surface area contributed by atoms with Crippen LogP contribution < -0.4 is 10.6 Å². The van der Waals surface area contributed by atoms with E-state index in [2.05, 4.69) is 21.4 Å². The zero-order valence-electron chi connectivity index (χ0n) is 16.4. The molecule has 1 aliphatic heterocycles. The summed E-state index contributed by atoms with van der Waals surface area (Å²) in [5.41, 5.74) is 3.83. The number of nitrogens with zero attached hydrogens (tertiary/aromatic N) is 2. The molecule has 1 aliphatic rings. The van der Waals surface area contributed by atoms with E-state index < -0.39 is 0 Å². The number of aryl methyl sites for hydroxylation is 2. The number of benzene rings is 2. The van der Waals surface area contributed by atoms with E-state index in [9.17, 15) is 9.59 Å². The van der Waals surface area contributed by atoms with Crippen molar-refractivity contribution >= 4 is 23.2 Å². The van der Waals surface area contributed by atoms with E-state index in [0.29, 0.717) is 23.4 Å². The highest BCUT2D eigenvalue weighted by atomic mass is 16.2. The van der Waals surface area contributed by atoms with Gasteiger partial charge in [-0.2, -0.15) is 0 Å². The molecule has 2 aromatic carbocycles. The van der Waals surface area contributed by atoms with Crippen LogP contribution in [0.4, 0.5) is 11.4 Å². The largest absolute Gasteiger partial charge is 0.334 e. The van der Waals surface area contributed by atoms with Gasteiger partial charge in [-0.05, 0) is 43.2 Å². The Morgan fingerprint density at radius 2 is 1.86 bits per heavy atom. The lowest BCUT2D eigenvalue weighted by molar-refractivity contribution is -0.115. The van der Waals surface area contributed by atoms with E-state index in [1.165, 1.54) is 12.8 Å². The lowest BCUT2D eigenvalue weighted by Gasteiger charge is -2.11. The van der Waals surface area contributed by atoms with Gasteiger partial charge in [0.25, 0.3) is 5.91 Å². The molecule has 0 unspecified atom stereocenters. The molecule has 1 aromatic heterocycles. The third kappa shape index (κ3) is 4.37. The predicted molar refractivity (Wildman–Crippen MR) is 114 cm³/mol. The quantitative estimate of drug-likeness (QED) is 0.676. The molecule has 0 aliphatic carbocycles. The number of hydrogen-bond donors (Lipinski definition) is 2. The van der Waals surface area contributed by atoms with Gasteiger partial charge in [0.2, 0.25) is 5.91 Å². The first-order chi connectivity index (χ1) is 14.1. The number of aromatic nitrogens is 2. The highest BCUT2D eigenvalue weighted by Crippen LogP contribution is 2.24. The van der Waals surface area contributed by atoms with Gasteiger partial charge in [-0.15, -0.1) is 0 Å². The van der Waals surface area contributed by atoms with E-state index in [4.69, 9.17) is 4.98 Å². The van der Waals surface area contributed by atoms with Gasteiger partial charge >= 0.3 is 0 Å². The Labute approximate surface area is 170 Å². The number of carbonyl (C=O) groups excluding carboxylic acids is 2. The van der Waals surface area contributed by atoms with E-state index in [1.807, 2.05) is 24.3 Å². The van der Waals surface area contributed by atoms with Gasteiger partial charge < -0.3 is 15.2 Å². The second-order valence-electron chi connectivity index (χ2n) is 7.21. The SMILES string of the molecule is CCC(=O)Nc1cccc(C(=O)Nc2ccc(-c3cn4c(n3)CCCC4)cc2)c1. The fourth-order valence-corrected chi connectivity index (χ4v) is 3.47. The summed E-state index contributed by atoms with van der Waals surface area (Å²) in [5.74, 6) is 0.848. The maximum Gasteiger partial charge on any atom is 0.255 e. The average molecular weight is 388 g/mol. The highest BCUT2D eigenvalue weighted by Gasteiger charge is 2.13. The number of rotatable bonds is 5. The van der Waals surface area contributed by atoms with Crippen LogP contribution >= 0.6 is 0 Å². The smallest absolute Gasteiger partial charge is 0.255 e. The van der Waals surface area contributed by atoms with Crippen LogP contribution in [0.2, 0.25) is 0 Å². The van der Waals surface area contributed by atoms with Crippen molar-refractivity contribution in [2.75, 3.05) is 10.6 Å². The van der Waals surface area contributed by atoms with Crippen molar-refractivity contribution in [3.63, 3.8) is 0 Å². The molecule has 6 heteroatoms. The van der Waals surface area contributed by atoms with Crippen molar-refractivity contribution in [3.05, 3.63) is 66.1 Å². The molecule has 3 aromatic rings. The monoisotopic (exact) mass is 388 g/mol. The summed E-state index contributed by atoms with van der Waals surface area (Å²) < 4.78 is 2.23. The Morgan fingerprint density at radius 1 is 1.03 bits per heavy atom. The second kappa shape index (κ2) is 8.31. The summed E-state index contributed by atoms with van der Waals surface area (Å²) in [4.78, 5) is 28.9. The van der Waals surface area contributed by atoms with Crippen LogP contribution in [0.5, 0.6) is 0 Å². The zero-order chi connectivity index (χ0) is 20.2. The summed E-state index contributed by atoms with van der Waals surface area (Å²) in [6, 6.07) is 14.6. The summed E-state index contributed by atoms with van der Waals surface area (Å²) in [7, 11) is 0. The molecule has 0 saturated heterocycles. The molecule has 2 heterocycles. The maximum absolute atomic E-state index is 12.6. The van der Waals surface area contributed by atoms with Crippen molar-refractivity contribution in [2.24, 2.45) is 0 Å². The summed E-state index contributed by atoms with van der Waals surface area (Å²) in [5, 5.41) is 5.67. The molecule has 2 amide bonds. The van der Waals surface area contributed by atoms with E-state index in [1.54, 1.807) is 31.2 Å². The number of fused-ring (bicyclic) bond motifs is 1. The fraction of sp³-hybridized carbons (Fsp3) is 0.261. The van der Waals surface area contributed by atoms with Crippen molar-refractivity contribution in [1.82, 2.24) is 9.55 Å². The molecule has 0 atom stereocenters. The van der Waals surface area contributed by atoms with E-state index >= 15 is 0 Å². The van der Waals surface area contributed by atoms with Crippen LogP contribution in [-0.2, 0) is 17.8 Å². The van der Waals surface area contributed by atoms with Gasteiger partial charge in [0.1, 0.15) is 5.82 Å². The zero-order valence-corrected chi connectivity index (χ0v) is 16.4. The number of anilines is 2. The maximum atomic E-state index is 12.6. The molecule has 29 heavy (non-hydrogen) atoms. The van der Waals surface area contributed by atoms with Crippen molar-refractivity contribution in [1.29, 1.82) is 0 Å². The molecule has 4 rings (SSSR count). The molecule has 0 spiro atoms. The number of hydrogen-bond acceptors (Lipinski definition) is 3. The van der Waals surface area contributed by atoms with Crippen LogP contribution in [0.15, 0.2) is 54.7 Å². The number of amides is 2. The minimum Gasteiger partial charge on any atom is -0.334 e. The molecule has 0 bridgehead atoms. The molecular weight excluding hydrogens is 364 g/mol. The van der Waals surface area contributed by atoms with Gasteiger partial charge in [0, 0.05) is 48.1 Å². The molecule has 148 valence electrons. The van der Waals surface area contributed by atoms with Crippen molar-refractivity contribution < 1.29 is 9.59 Å². The average Bonchev–Trinajstić information content (AvgIpc) is 3.18. The second-order valence-corrected chi connectivity index (χ2v) is 7.21.